The highest BCUT2D eigenvalue weighted by Crippen LogP contribution is 2.28. The second kappa shape index (κ2) is 6.51. The Kier molecular flexibility index (Phi) is 5.53. The van der Waals surface area contributed by atoms with E-state index >= 15 is 0 Å². The fraction of sp³-hybridized carbons (Fsp3) is 0.615. The van der Waals surface area contributed by atoms with Crippen LogP contribution in [0.15, 0.2) is 6.07 Å². The molecular formula is C13H20N2O2S2. The Morgan fingerprint density at radius 2 is 2.11 bits per heavy atom. The molecule has 19 heavy (non-hydrogen) atoms. The Morgan fingerprint density at radius 1 is 1.47 bits per heavy atom. The second-order valence-electron chi connectivity index (χ2n) is 4.52. The van der Waals surface area contributed by atoms with Crippen LogP contribution in [0.5, 0.6) is 0 Å². The van der Waals surface area contributed by atoms with E-state index in [1.807, 2.05) is 26.0 Å². The van der Waals surface area contributed by atoms with Gasteiger partial charge in [0.05, 0.1) is 12.1 Å². The Labute approximate surface area is 119 Å². The molecule has 0 bridgehead atoms. The zero-order valence-electron chi connectivity index (χ0n) is 11.7. The number of rotatable bonds is 6. The van der Waals surface area contributed by atoms with Gasteiger partial charge >= 0.3 is 0 Å². The van der Waals surface area contributed by atoms with Crippen molar-refractivity contribution in [1.82, 2.24) is 4.72 Å². The van der Waals surface area contributed by atoms with Gasteiger partial charge in [0.1, 0.15) is 0 Å². The van der Waals surface area contributed by atoms with Gasteiger partial charge in [-0.05, 0) is 38.3 Å². The molecule has 0 saturated carbocycles. The van der Waals surface area contributed by atoms with Crippen LogP contribution in [-0.4, -0.2) is 13.7 Å². The van der Waals surface area contributed by atoms with Gasteiger partial charge in [0.15, 0.2) is 5.25 Å². The molecule has 0 unspecified atom stereocenters. The number of hydrogen-bond donors (Lipinski definition) is 1. The molecule has 6 heteroatoms. The lowest BCUT2D eigenvalue weighted by Crippen LogP contribution is -2.34. The highest BCUT2D eigenvalue weighted by molar-refractivity contribution is 7.90. The van der Waals surface area contributed by atoms with E-state index in [2.05, 4.69) is 11.6 Å². The molecule has 1 heterocycles. The Balaban J connectivity index is 2.90. The number of thiophene rings is 1. The van der Waals surface area contributed by atoms with Crippen LogP contribution in [0.2, 0.25) is 0 Å². The maximum Gasteiger partial charge on any atom is 0.228 e. The molecule has 1 aromatic rings. The van der Waals surface area contributed by atoms with E-state index in [4.69, 9.17) is 5.26 Å². The van der Waals surface area contributed by atoms with Gasteiger partial charge in [-0.25, -0.2) is 13.1 Å². The van der Waals surface area contributed by atoms with E-state index in [0.717, 1.165) is 11.3 Å². The van der Waals surface area contributed by atoms with Gasteiger partial charge < -0.3 is 0 Å². The van der Waals surface area contributed by atoms with E-state index in [1.54, 1.807) is 18.3 Å². The summed E-state index contributed by atoms with van der Waals surface area (Å²) in [6, 6.07) is 3.55. The molecule has 1 N–H and O–H groups in total. The minimum Gasteiger partial charge on any atom is -0.211 e. The van der Waals surface area contributed by atoms with Crippen molar-refractivity contribution in [1.29, 1.82) is 5.26 Å². The van der Waals surface area contributed by atoms with Gasteiger partial charge in [-0.1, -0.05) is 13.8 Å². The lowest BCUT2D eigenvalue weighted by Gasteiger charge is -2.15. The summed E-state index contributed by atoms with van der Waals surface area (Å²) < 4.78 is 26.6. The van der Waals surface area contributed by atoms with Crippen molar-refractivity contribution in [2.45, 2.75) is 51.8 Å². The second-order valence-corrected chi connectivity index (χ2v) is 7.58. The molecule has 0 fully saturated rings. The number of aryl methyl sites for hydroxylation is 2. The number of sulfonamides is 1. The minimum absolute atomic E-state index is 0.294. The minimum atomic E-state index is -3.58. The predicted molar refractivity (Wildman–Crippen MR) is 78.6 cm³/mol. The number of hydrogen-bond acceptors (Lipinski definition) is 4. The molecule has 1 aromatic heterocycles. The van der Waals surface area contributed by atoms with E-state index in [0.29, 0.717) is 6.42 Å². The van der Waals surface area contributed by atoms with Crippen molar-refractivity contribution in [3.63, 3.8) is 0 Å². The molecule has 0 spiro atoms. The van der Waals surface area contributed by atoms with Crippen molar-refractivity contribution >= 4 is 21.4 Å². The molecule has 0 aromatic carbocycles. The normalized spacial score (nSPS) is 14.9. The molecule has 0 aliphatic heterocycles. The van der Waals surface area contributed by atoms with E-state index < -0.39 is 15.3 Å². The van der Waals surface area contributed by atoms with Gasteiger partial charge in [0, 0.05) is 9.75 Å². The molecular weight excluding hydrogens is 280 g/mol. The van der Waals surface area contributed by atoms with Crippen LogP contribution in [0.4, 0.5) is 0 Å². The third-order valence-corrected chi connectivity index (χ3v) is 6.45. The summed E-state index contributed by atoms with van der Waals surface area (Å²) in [7, 11) is -3.58. The van der Waals surface area contributed by atoms with Crippen molar-refractivity contribution in [3.8, 4) is 6.07 Å². The van der Waals surface area contributed by atoms with Crippen LogP contribution < -0.4 is 4.72 Å². The summed E-state index contributed by atoms with van der Waals surface area (Å²) in [5.74, 6) is 0. The number of nitrogens with one attached hydrogen (secondary N) is 1. The Hall–Kier alpha value is -0.900. The summed E-state index contributed by atoms with van der Waals surface area (Å²) in [6.45, 7) is 7.62. The van der Waals surface area contributed by atoms with Crippen molar-refractivity contribution in [2.75, 3.05) is 0 Å². The first-order valence-corrected chi connectivity index (χ1v) is 8.71. The molecule has 0 saturated heterocycles. The third-order valence-electron chi connectivity index (χ3n) is 3.02. The summed E-state index contributed by atoms with van der Waals surface area (Å²) in [6.07, 6.45) is 1.24. The summed E-state index contributed by atoms with van der Waals surface area (Å²) >= 11 is 1.63. The van der Waals surface area contributed by atoms with Crippen LogP contribution in [0.1, 0.15) is 48.6 Å². The lowest BCUT2D eigenvalue weighted by atomic mass is 10.2. The van der Waals surface area contributed by atoms with Crippen molar-refractivity contribution in [2.24, 2.45) is 0 Å². The van der Waals surface area contributed by atoms with Crippen LogP contribution in [0.25, 0.3) is 0 Å². The fourth-order valence-corrected chi connectivity index (χ4v) is 4.43. The molecule has 1 rings (SSSR count). The maximum absolute atomic E-state index is 12.0. The van der Waals surface area contributed by atoms with Gasteiger partial charge in [0.25, 0.3) is 0 Å². The van der Waals surface area contributed by atoms with E-state index in [9.17, 15) is 8.42 Å². The third kappa shape index (κ3) is 3.78. The quantitative estimate of drug-likeness (QED) is 0.878. The lowest BCUT2D eigenvalue weighted by molar-refractivity contribution is 0.560. The van der Waals surface area contributed by atoms with Crippen molar-refractivity contribution < 1.29 is 8.42 Å². The van der Waals surface area contributed by atoms with E-state index in [1.165, 1.54) is 10.4 Å². The first-order chi connectivity index (χ1) is 8.85. The Bertz CT molecular complexity index is 570. The monoisotopic (exact) mass is 300 g/mol. The number of nitrogens with zero attached hydrogens (tertiary/aromatic N) is 1. The highest BCUT2D eigenvalue weighted by Gasteiger charge is 2.26. The molecule has 0 radical (unpaired) electrons. The Morgan fingerprint density at radius 3 is 2.53 bits per heavy atom. The maximum atomic E-state index is 12.0. The molecule has 2 atom stereocenters. The largest absolute Gasteiger partial charge is 0.228 e. The fourth-order valence-electron chi connectivity index (χ4n) is 1.88. The zero-order valence-corrected chi connectivity index (χ0v) is 13.4. The highest BCUT2D eigenvalue weighted by atomic mass is 32.2. The van der Waals surface area contributed by atoms with Gasteiger partial charge in [-0.15, -0.1) is 11.3 Å². The first-order valence-electron chi connectivity index (χ1n) is 6.35. The van der Waals surface area contributed by atoms with Crippen LogP contribution in [0.3, 0.4) is 0 Å². The van der Waals surface area contributed by atoms with E-state index in [-0.39, 0.29) is 6.04 Å². The van der Waals surface area contributed by atoms with Crippen LogP contribution in [0, 0.1) is 18.3 Å². The van der Waals surface area contributed by atoms with Crippen LogP contribution >= 0.6 is 11.3 Å². The van der Waals surface area contributed by atoms with Gasteiger partial charge in [-0.3, -0.25) is 0 Å². The molecule has 0 aliphatic carbocycles. The smallest absolute Gasteiger partial charge is 0.211 e. The van der Waals surface area contributed by atoms with Gasteiger partial charge in [0.2, 0.25) is 10.0 Å². The molecule has 4 nitrogen and oxygen atoms in total. The van der Waals surface area contributed by atoms with Gasteiger partial charge in [-0.2, -0.15) is 5.26 Å². The average molecular weight is 300 g/mol. The SMILES string of the molecule is CCc1sc([C@@H](C)NS(=O)(=O)[C@@H](C#N)CC)cc1C. The number of nitriles is 1. The molecule has 0 aliphatic rings. The summed E-state index contributed by atoms with van der Waals surface area (Å²) in [4.78, 5) is 2.26. The predicted octanol–water partition coefficient (Wildman–Crippen LogP) is 2.90. The average Bonchev–Trinajstić information content (AvgIpc) is 2.71. The standard InChI is InChI=1S/C13H20N2O2S2/c1-5-11(8-14)19(16,17)15-10(4)13-7-9(3)12(6-2)18-13/h7,10-11,15H,5-6H2,1-4H3/t10-,11-/m1/s1. The molecule has 106 valence electrons. The first kappa shape index (κ1) is 16.2. The summed E-state index contributed by atoms with van der Waals surface area (Å²) in [5.41, 5.74) is 1.20. The topological polar surface area (TPSA) is 70.0 Å². The van der Waals surface area contributed by atoms with Crippen LogP contribution in [-0.2, 0) is 16.4 Å². The van der Waals surface area contributed by atoms with Crippen molar-refractivity contribution in [3.05, 3.63) is 21.4 Å². The zero-order chi connectivity index (χ0) is 14.6. The molecule has 0 amide bonds. The summed E-state index contributed by atoms with van der Waals surface area (Å²) in [5, 5.41) is 7.88.